The summed E-state index contributed by atoms with van der Waals surface area (Å²) in [6.45, 7) is 7.24. The zero-order valence-corrected chi connectivity index (χ0v) is 7.03. The number of nitriles is 2. The van der Waals surface area contributed by atoms with Gasteiger partial charge in [0.2, 0.25) is 0 Å². The van der Waals surface area contributed by atoms with E-state index in [1.165, 1.54) is 0 Å². The van der Waals surface area contributed by atoms with Gasteiger partial charge in [0.1, 0.15) is 0 Å². The van der Waals surface area contributed by atoms with Gasteiger partial charge < -0.3 is 0 Å². The van der Waals surface area contributed by atoms with Gasteiger partial charge in [0, 0.05) is 12.8 Å². The van der Waals surface area contributed by atoms with Crippen LogP contribution in [0.3, 0.4) is 0 Å². The third-order valence-electron chi connectivity index (χ3n) is 1.81. The highest BCUT2D eigenvalue weighted by Crippen LogP contribution is 2.20. The maximum absolute atomic E-state index is 8.47. The van der Waals surface area contributed by atoms with Gasteiger partial charge in [-0.05, 0) is 11.8 Å². The molecule has 0 aliphatic carbocycles. The van der Waals surface area contributed by atoms with Crippen molar-refractivity contribution in [1.29, 1.82) is 10.5 Å². The zero-order valence-electron chi connectivity index (χ0n) is 7.03. The molecule has 12 heavy (non-hydrogen) atoms. The van der Waals surface area contributed by atoms with Crippen molar-refractivity contribution in [3.8, 4) is 12.1 Å². The van der Waals surface area contributed by atoms with Crippen LogP contribution in [0.2, 0.25) is 0 Å². The Bertz CT molecular complexity index is 203. The molecule has 2 nitrogen and oxygen atoms in total. The summed E-state index contributed by atoms with van der Waals surface area (Å²) in [5.41, 5.74) is 0. The topological polar surface area (TPSA) is 47.6 Å². The van der Waals surface area contributed by atoms with E-state index in [0.717, 1.165) is 0 Å². The molecule has 0 saturated carbocycles. The lowest BCUT2D eigenvalue weighted by atomic mass is 9.88. The Morgan fingerprint density at radius 1 is 1.00 bits per heavy atom. The third-order valence-corrected chi connectivity index (χ3v) is 1.81. The summed E-state index contributed by atoms with van der Waals surface area (Å²) in [6, 6.07) is 4.13. The van der Waals surface area contributed by atoms with E-state index >= 15 is 0 Å². The Balaban J connectivity index is 4.25. The van der Waals surface area contributed by atoms with Crippen LogP contribution < -0.4 is 0 Å². The highest BCUT2D eigenvalue weighted by Gasteiger charge is 2.14. The van der Waals surface area contributed by atoms with E-state index in [-0.39, 0.29) is 11.8 Å². The van der Waals surface area contributed by atoms with Crippen molar-refractivity contribution in [2.24, 2.45) is 11.8 Å². The van der Waals surface area contributed by atoms with Gasteiger partial charge in [0.15, 0.2) is 0 Å². The summed E-state index contributed by atoms with van der Waals surface area (Å²) >= 11 is 0. The predicted octanol–water partition coefficient (Wildman–Crippen LogP) is 2.42. The fourth-order valence-electron chi connectivity index (χ4n) is 1.03. The molecule has 0 heterocycles. The summed E-state index contributed by atoms with van der Waals surface area (Å²) in [5.74, 6) is 0.124. The second-order valence-corrected chi connectivity index (χ2v) is 2.52. The highest BCUT2D eigenvalue weighted by molar-refractivity contribution is 4.99. The average Bonchev–Trinajstić information content (AvgIpc) is 2.11. The minimum absolute atomic E-state index is 0.0622. The van der Waals surface area contributed by atoms with Gasteiger partial charge in [0.25, 0.3) is 0 Å². The van der Waals surface area contributed by atoms with Crippen LogP contribution in [-0.2, 0) is 0 Å². The van der Waals surface area contributed by atoms with Crippen molar-refractivity contribution in [3.63, 3.8) is 0 Å². The standard InChI is InChI=1S/C10H12N2/c1-3-9(5-7-11)10(4-2)6-8-12/h3-4,9-10H,1-2,5-6H2/t9-,10-/m1/s1. The van der Waals surface area contributed by atoms with Crippen LogP contribution in [0, 0.1) is 34.5 Å². The number of allylic oxidation sites excluding steroid dienone is 2. The molecule has 0 radical (unpaired) electrons. The minimum Gasteiger partial charge on any atom is -0.198 e. The van der Waals surface area contributed by atoms with E-state index < -0.39 is 0 Å². The molecule has 0 saturated heterocycles. The van der Waals surface area contributed by atoms with E-state index in [4.69, 9.17) is 10.5 Å². The largest absolute Gasteiger partial charge is 0.198 e. The van der Waals surface area contributed by atoms with Gasteiger partial charge in [-0.1, -0.05) is 12.2 Å². The summed E-state index contributed by atoms with van der Waals surface area (Å²) in [6.07, 6.45) is 4.24. The zero-order chi connectivity index (χ0) is 9.40. The molecule has 0 aliphatic rings. The number of hydrogen-bond donors (Lipinski definition) is 0. The first-order chi connectivity index (χ1) is 5.79. The molecule has 0 unspecified atom stereocenters. The molecule has 0 rings (SSSR count). The summed E-state index contributed by atoms with van der Waals surface area (Å²) in [4.78, 5) is 0. The van der Waals surface area contributed by atoms with E-state index in [1.807, 2.05) is 0 Å². The van der Waals surface area contributed by atoms with Crippen molar-refractivity contribution >= 4 is 0 Å². The van der Waals surface area contributed by atoms with Gasteiger partial charge in [-0.15, -0.1) is 13.2 Å². The Labute approximate surface area is 73.4 Å². The SMILES string of the molecule is C=C[C@H](CC#N)[C@H](C=C)CC#N. The monoisotopic (exact) mass is 160 g/mol. The number of hydrogen-bond acceptors (Lipinski definition) is 2. The van der Waals surface area contributed by atoms with E-state index in [1.54, 1.807) is 12.2 Å². The Kier molecular flexibility index (Phi) is 5.39. The lowest BCUT2D eigenvalue weighted by molar-refractivity contribution is 0.493. The normalized spacial score (nSPS) is 13.5. The second kappa shape index (κ2) is 6.19. The van der Waals surface area contributed by atoms with Crippen LogP contribution in [0.4, 0.5) is 0 Å². The fourth-order valence-corrected chi connectivity index (χ4v) is 1.03. The first-order valence-corrected chi connectivity index (χ1v) is 3.79. The maximum atomic E-state index is 8.47. The van der Waals surface area contributed by atoms with Gasteiger partial charge in [-0.25, -0.2) is 0 Å². The van der Waals surface area contributed by atoms with Crippen molar-refractivity contribution in [2.45, 2.75) is 12.8 Å². The van der Waals surface area contributed by atoms with Crippen LogP contribution in [0.5, 0.6) is 0 Å². The average molecular weight is 160 g/mol. The van der Waals surface area contributed by atoms with Crippen LogP contribution in [0.25, 0.3) is 0 Å². The molecule has 0 N–H and O–H groups in total. The summed E-state index contributed by atoms with van der Waals surface area (Å²) in [5, 5.41) is 16.9. The lowest BCUT2D eigenvalue weighted by Crippen LogP contribution is -2.08. The first kappa shape index (κ1) is 10.5. The second-order valence-electron chi connectivity index (χ2n) is 2.52. The minimum atomic E-state index is 0.0622. The molecule has 2 atom stereocenters. The van der Waals surface area contributed by atoms with Crippen molar-refractivity contribution in [1.82, 2.24) is 0 Å². The molecular weight excluding hydrogens is 148 g/mol. The van der Waals surface area contributed by atoms with Gasteiger partial charge in [-0.2, -0.15) is 10.5 Å². The Hall–Kier alpha value is -1.54. The van der Waals surface area contributed by atoms with E-state index in [2.05, 4.69) is 25.3 Å². The van der Waals surface area contributed by atoms with Crippen LogP contribution in [0.15, 0.2) is 25.3 Å². The van der Waals surface area contributed by atoms with Gasteiger partial charge in [0.05, 0.1) is 12.1 Å². The van der Waals surface area contributed by atoms with Crippen LogP contribution in [0.1, 0.15) is 12.8 Å². The van der Waals surface area contributed by atoms with Crippen LogP contribution >= 0.6 is 0 Å². The van der Waals surface area contributed by atoms with Crippen molar-refractivity contribution < 1.29 is 0 Å². The molecule has 0 spiro atoms. The van der Waals surface area contributed by atoms with Gasteiger partial charge in [-0.3, -0.25) is 0 Å². The highest BCUT2D eigenvalue weighted by atomic mass is 14.3. The number of rotatable bonds is 5. The molecule has 0 aromatic rings. The maximum Gasteiger partial charge on any atom is 0.0628 e. The molecular formula is C10H12N2. The lowest BCUT2D eigenvalue weighted by Gasteiger charge is -2.14. The van der Waals surface area contributed by atoms with E-state index in [0.29, 0.717) is 12.8 Å². The molecule has 0 aromatic carbocycles. The Morgan fingerprint density at radius 3 is 1.50 bits per heavy atom. The molecule has 62 valence electrons. The Morgan fingerprint density at radius 2 is 1.33 bits per heavy atom. The number of nitrogens with zero attached hydrogens (tertiary/aromatic N) is 2. The smallest absolute Gasteiger partial charge is 0.0628 e. The molecule has 0 amide bonds. The molecule has 0 aliphatic heterocycles. The fraction of sp³-hybridized carbons (Fsp3) is 0.400. The van der Waals surface area contributed by atoms with Crippen molar-refractivity contribution in [2.75, 3.05) is 0 Å². The van der Waals surface area contributed by atoms with Crippen LogP contribution in [-0.4, -0.2) is 0 Å². The quantitative estimate of drug-likeness (QED) is 0.580. The molecule has 0 aromatic heterocycles. The molecule has 0 bridgehead atoms. The van der Waals surface area contributed by atoms with E-state index in [9.17, 15) is 0 Å². The predicted molar refractivity (Wildman–Crippen MR) is 47.8 cm³/mol. The summed E-state index contributed by atoms with van der Waals surface area (Å²) in [7, 11) is 0. The summed E-state index contributed by atoms with van der Waals surface area (Å²) < 4.78 is 0. The third kappa shape index (κ3) is 3.03. The molecule has 2 heteroatoms. The van der Waals surface area contributed by atoms with Crippen molar-refractivity contribution in [3.05, 3.63) is 25.3 Å². The van der Waals surface area contributed by atoms with Gasteiger partial charge >= 0.3 is 0 Å². The molecule has 0 fully saturated rings. The first-order valence-electron chi connectivity index (χ1n) is 3.79.